The third kappa shape index (κ3) is 4.22. The molecule has 3 aromatic carbocycles. The van der Waals surface area contributed by atoms with E-state index >= 15 is 0 Å². The number of carbonyl (C=O) groups excluding carboxylic acids is 1. The van der Waals surface area contributed by atoms with Gasteiger partial charge in [0.15, 0.2) is 0 Å². The molecule has 0 spiro atoms. The Hall–Kier alpha value is -3.93. The zero-order valence-electron chi connectivity index (χ0n) is 16.6. The van der Waals surface area contributed by atoms with Crippen LogP contribution in [0, 0.1) is 19.7 Å². The molecule has 1 aromatic heterocycles. The van der Waals surface area contributed by atoms with Crippen LogP contribution in [0.5, 0.6) is 0 Å². The first-order valence-electron chi connectivity index (χ1n) is 9.46. The third-order valence-corrected chi connectivity index (χ3v) is 4.67. The van der Waals surface area contributed by atoms with Gasteiger partial charge in [0.2, 0.25) is 5.89 Å². The molecule has 0 aliphatic carbocycles. The SMILES string of the molecule is Cc1ccc(-c2coc(-c3ccc(NC(=O)Nc4ccccc4F)cc3)n2)c(C)c1. The summed E-state index contributed by atoms with van der Waals surface area (Å²) in [6, 6.07) is 18.7. The van der Waals surface area contributed by atoms with Crippen LogP contribution in [-0.4, -0.2) is 11.0 Å². The molecule has 6 heteroatoms. The van der Waals surface area contributed by atoms with Crippen LogP contribution in [0.2, 0.25) is 0 Å². The van der Waals surface area contributed by atoms with Crippen molar-refractivity contribution in [1.29, 1.82) is 0 Å². The molecular formula is C24H20FN3O2. The van der Waals surface area contributed by atoms with Crippen LogP contribution >= 0.6 is 0 Å². The Kier molecular flexibility index (Phi) is 5.30. The monoisotopic (exact) mass is 401 g/mol. The minimum atomic E-state index is -0.527. The highest BCUT2D eigenvalue weighted by Crippen LogP contribution is 2.28. The summed E-state index contributed by atoms with van der Waals surface area (Å²) in [7, 11) is 0. The van der Waals surface area contributed by atoms with Gasteiger partial charge >= 0.3 is 6.03 Å². The predicted molar refractivity (Wildman–Crippen MR) is 116 cm³/mol. The van der Waals surface area contributed by atoms with E-state index in [2.05, 4.69) is 28.6 Å². The lowest BCUT2D eigenvalue weighted by molar-refractivity contribution is 0.262. The molecule has 150 valence electrons. The first kappa shape index (κ1) is 19.4. The fourth-order valence-corrected chi connectivity index (χ4v) is 3.17. The van der Waals surface area contributed by atoms with Gasteiger partial charge < -0.3 is 15.1 Å². The Balaban J connectivity index is 1.46. The van der Waals surface area contributed by atoms with E-state index in [0.717, 1.165) is 22.4 Å². The van der Waals surface area contributed by atoms with Gasteiger partial charge in [-0.05, 0) is 55.8 Å². The maximum absolute atomic E-state index is 13.6. The third-order valence-electron chi connectivity index (χ3n) is 4.67. The molecule has 5 nitrogen and oxygen atoms in total. The summed E-state index contributed by atoms with van der Waals surface area (Å²) in [5.74, 6) is -0.00107. The van der Waals surface area contributed by atoms with E-state index in [0.29, 0.717) is 11.6 Å². The number of urea groups is 1. The number of para-hydroxylation sites is 1. The number of aromatic nitrogens is 1. The number of benzene rings is 3. The summed E-state index contributed by atoms with van der Waals surface area (Å²) in [5, 5.41) is 5.15. The number of anilines is 2. The smallest absolute Gasteiger partial charge is 0.323 e. The maximum atomic E-state index is 13.6. The molecule has 0 bridgehead atoms. The molecule has 0 aliphatic rings. The number of hydrogen-bond acceptors (Lipinski definition) is 3. The lowest BCUT2D eigenvalue weighted by Crippen LogP contribution is -2.20. The predicted octanol–water partition coefficient (Wildman–Crippen LogP) is 6.41. The summed E-state index contributed by atoms with van der Waals surface area (Å²) in [6.07, 6.45) is 1.64. The van der Waals surface area contributed by atoms with Crippen molar-refractivity contribution >= 4 is 17.4 Å². The van der Waals surface area contributed by atoms with Gasteiger partial charge in [0.05, 0.1) is 5.69 Å². The maximum Gasteiger partial charge on any atom is 0.323 e. The normalized spacial score (nSPS) is 10.6. The van der Waals surface area contributed by atoms with Crippen molar-refractivity contribution in [2.75, 3.05) is 10.6 Å². The number of halogens is 1. The van der Waals surface area contributed by atoms with Gasteiger partial charge in [-0.1, -0.05) is 35.9 Å². The molecule has 4 aromatic rings. The number of rotatable bonds is 4. The van der Waals surface area contributed by atoms with Crippen molar-refractivity contribution in [3.63, 3.8) is 0 Å². The highest BCUT2D eigenvalue weighted by molar-refractivity contribution is 5.99. The average molecular weight is 401 g/mol. The molecule has 0 atom stereocenters. The first-order chi connectivity index (χ1) is 14.5. The largest absolute Gasteiger partial charge is 0.444 e. The number of amides is 2. The van der Waals surface area contributed by atoms with Crippen molar-refractivity contribution < 1.29 is 13.6 Å². The molecule has 2 amide bonds. The number of nitrogens with zero attached hydrogens (tertiary/aromatic N) is 1. The fraction of sp³-hybridized carbons (Fsp3) is 0.0833. The van der Waals surface area contributed by atoms with E-state index in [1.165, 1.54) is 17.7 Å². The highest BCUT2D eigenvalue weighted by Gasteiger charge is 2.11. The van der Waals surface area contributed by atoms with Crippen molar-refractivity contribution in [3.8, 4) is 22.7 Å². The molecule has 4 rings (SSSR count). The van der Waals surface area contributed by atoms with Gasteiger partial charge in [-0.15, -0.1) is 0 Å². The molecule has 0 fully saturated rings. The second kappa shape index (κ2) is 8.21. The van der Waals surface area contributed by atoms with E-state index in [1.54, 1.807) is 42.7 Å². The molecule has 0 aliphatic heterocycles. The molecule has 0 radical (unpaired) electrons. The fourth-order valence-electron chi connectivity index (χ4n) is 3.17. The lowest BCUT2D eigenvalue weighted by atomic mass is 10.0. The van der Waals surface area contributed by atoms with Crippen molar-refractivity contribution in [1.82, 2.24) is 4.98 Å². The number of hydrogen-bond donors (Lipinski definition) is 2. The summed E-state index contributed by atoms with van der Waals surface area (Å²) < 4.78 is 19.3. The second-order valence-corrected chi connectivity index (χ2v) is 6.99. The molecular weight excluding hydrogens is 381 g/mol. The number of aryl methyl sites for hydroxylation is 2. The number of nitrogens with one attached hydrogen (secondary N) is 2. The zero-order chi connectivity index (χ0) is 21.1. The molecule has 2 N–H and O–H groups in total. The topological polar surface area (TPSA) is 67.2 Å². The molecule has 0 saturated heterocycles. The van der Waals surface area contributed by atoms with Crippen LogP contribution in [0.4, 0.5) is 20.6 Å². The van der Waals surface area contributed by atoms with Gasteiger partial charge in [0.1, 0.15) is 17.8 Å². The van der Waals surface area contributed by atoms with Gasteiger partial charge in [-0.25, -0.2) is 14.2 Å². The highest BCUT2D eigenvalue weighted by atomic mass is 19.1. The van der Waals surface area contributed by atoms with Gasteiger partial charge in [-0.2, -0.15) is 0 Å². The van der Waals surface area contributed by atoms with Crippen molar-refractivity contribution in [2.45, 2.75) is 13.8 Å². The average Bonchev–Trinajstić information content (AvgIpc) is 3.20. The minimum Gasteiger partial charge on any atom is -0.444 e. The van der Waals surface area contributed by atoms with Crippen molar-refractivity contribution in [3.05, 3.63) is 89.9 Å². The molecule has 1 heterocycles. The van der Waals surface area contributed by atoms with Crippen LogP contribution in [0.3, 0.4) is 0 Å². The summed E-state index contributed by atoms with van der Waals surface area (Å²) in [5.41, 5.74) is 5.59. The van der Waals surface area contributed by atoms with Crippen LogP contribution in [0.25, 0.3) is 22.7 Å². The van der Waals surface area contributed by atoms with Crippen LogP contribution in [-0.2, 0) is 0 Å². The molecule has 30 heavy (non-hydrogen) atoms. The second-order valence-electron chi connectivity index (χ2n) is 6.99. The Morgan fingerprint density at radius 2 is 1.73 bits per heavy atom. The summed E-state index contributed by atoms with van der Waals surface area (Å²) in [6.45, 7) is 4.10. The van der Waals surface area contributed by atoms with Gasteiger partial charge in [0, 0.05) is 16.8 Å². The lowest BCUT2D eigenvalue weighted by Gasteiger charge is -2.08. The molecule has 0 unspecified atom stereocenters. The number of carbonyl (C=O) groups is 1. The Morgan fingerprint density at radius 3 is 2.47 bits per heavy atom. The molecule has 0 saturated carbocycles. The zero-order valence-corrected chi connectivity index (χ0v) is 16.6. The van der Waals surface area contributed by atoms with Gasteiger partial charge in [-0.3, -0.25) is 0 Å². The Morgan fingerprint density at radius 1 is 0.967 bits per heavy atom. The van der Waals surface area contributed by atoms with Crippen LogP contribution in [0.15, 0.2) is 77.4 Å². The van der Waals surface area contributed by atoms with Crippen LogP contribution in [0.1, 0.15) is 11.1 Å². The van der Waals surface area contributed by atoms with E-state index in [1.807, 2.05) is 19.1 Å². The summed E-state index contributed by atoms with van der Waals surface area (Å²) in [4.78, 5) is 16.7. The van der Waals surface area contributed by atoms with E-state index in [-0.39, 0.29) is 5.69 Å². The minimum absolute atomic E-state index is 0.116. The van der Waals surface area contributed by atoms with E-state index in [4.69, 9.17) is 4.42 Å². The van der Waals surface area contributed by atoms with E-state index < -0.39 is 11.8 Å². The summed E-state index contributed by atoms with van der Waals surface area (Å²) >= 11 is 0. The first-order valence-corrected chi connectivity index (χ1v) is 9.46. The number of oxazole rings is 1. The Labute approximate surface area is 173 Å². The standard InChI is InChI=1S/C24H20FN3O2/c1-15-7-12-19(16(2)13-15)22-14-30-23(27-22)17-8-10-18(11-9-17)26-24(29)28-21-6-4-3-5-20(21)25/h3-14H,1-2H3,(H2,26,28,29). The Bertz CT molecular complexity index is 1200. The quantitative estimate of drug-likeness (QED) is 0.415. The van der Waals surface area contributed by atoms with Crippen LogP contribution < -0.4 is 10.6 Å². The van der Waals surface area contributed by atoms with Gasteiger partial charge in [0.25, 0.3) is 0 Å². The van der Waals surface area contributed by atoms with Crippen molar-refractivity contribution in [2.24, 2.45) is 0 Å². The van der Waals surface area contributed by atoms with E-state index in [9.17, 15) is 9.18 Å².